The second kappa shape index (κ2) is 4.58. The molecule has 0 radical (unpaired) electrons. The van der Waals surface area contributed by atoms with Crippen LogP contribution in [0.3, 0.4) is 0 Å². The highest BCUT2D eigenvalue weighted by molar-refractivity contribution is 5.99. The summed E-state index contributed by atoms with van der Waals surface area (Å²) in [6.07, 6.45) is 4.13. The lowest BCUT2D eigenvalue weighted by molar-refractivity contribution is 0.0854. The molecule has 1 aromatic carbocycles. The second-order valence-corrected chi connectivity index (χ2v) is 4.19. The summed E-state index contributed by atoms with van der Waals surface area (Å²) in [4.78, 5) is 12.1. The minimum atomic E-state index is 0.281. The number of hydrogen-bond acceptors (Lipinski definition) is 2. The van der Waals surface area contributed by atoms with Gasteiger partial charge in [0.05, 0.1) is 0 Å². The van der Waals surface area contributed by atoms with Gasteiger partial charge in [0.25, 0.3) is 0 Å². The first kappa shape index (κ1) is 10.4. The van der Waals surface area contributed by atoms with Gasteiger partial charge in [-0.05, 0) is 31.4 Å². The van der Waals surface area contributed by atoms with Crippen molar-refractivity contribution < 1.29 is 4.79 Å². The Kier molecular flexibility index (Phi) is 3.17. The van der Waals surface area contributed by atoms with E-state index in [0.29, 0.717) is 12.3 Å². The summed E-state index contributed by atoms with van der Waals surface area (Å²) in [7, 11) is 0. The fourth-order valence-corrected chi connectivity index (χ4v) is 2.02. The molecule has 1 aromatic rings. The van der Waals surface area contributed by atoms with Gasteiger partial charge in [-0.3, -0.25) is 4.79 Å². The Hall–Kier alpha value is -1.15. The van der Waals surface area contributed by atoms with Crippen LogP contribution in [0.2, 0.25) is 0 Å². The van der Waals surface area contributed by atoms with E-state index in [9.17, 15) is 4.79 Å². The van der Waals surface area contributed by atoms with E-state index in [1.54, 1.807) is 0 Å². The van der Waals surface area contributed by atoms with E-state index in [1.165, 1.54) is 6.42 Å². The first-order valence-electron chi connectivity index (χ1n) is 5.65. The molecule has 0 amide bonds. The Morgan fingerprint density at radius 2 is 2.07 bits per heavy atom. The molecule has 0 aromatic heterocycles. The highest BCUT2D eigenvalue weighted by Gasteiger charge is 2.27. The average Bonchev–Trinajstić information content (AvgIpc) is 2.16. The van der Waals surface area contributed by atoms with Crippen LogP contribution in [0.5, 0.6) is 0 Å². The SMILES string of the molecule is NCCc1ccccc1C(=O)C1CCC1. The van der Waals surface area contributed by atoms with Gasteiger partial charge in [0.1, 0.15) is 0 Å². The smallest absolute Gasteiger partial charge is 0.166 e. The Morgan fingerprint density at radius 1 is 1.33 bits per heavy atom. The van der Waals surface area contributed by atoms with Crippen molar-refractivity contribution in [2.24, 2.45) is 11.7 Å². The van der Waals surface area contributed by atoms with Crippen molar-refractivity contribution in [3.8, 4) is 0 Å². The summed E-state index contributed by atoms with van der Waals surface area (Å²) >= 11 is 0. The molecule has 0 aliphatic heterocycles. The number of nitrogens with two attached hydrogens (primary N) is 1. The normalized spacial score (nSPS) is 16.1. The van der Waals surface area contributed by atoms with E-state index in [2.05, 4.69) is 0 Å². The summed E-state index contributed by atoms with van der Waals surface area (Å²) < 4.78 is 0. The Morgan fingerprint density at radius 3 is 2.67 bits per heavy atom. The summed E-state index contributed by atoms with van der Waals surface area (Å²) in [5, 5.41) is 0. The van der Waals surface area contributed by atoms with Crippen molar-refractivity contribution in [2.75, 3.05) is 6.54 Å². The first-order chi connectivity index (χ1) is 7.33. The van der Waals surface area contributed by atoms with Gasteiger partial charge in [-0.25, -0.2) is 0 Å². The molecule has 2 N–H and O–H groups in total. The van der Waals surface area contributed by atoms with Crippen molar-refractivity contribution in [2.45, 2.75) is 25.7 Å². The number of ketones is 1. The van der Waals surface area contributed by atoms with E-state index >= 15 is 0 Å². The molecule has 0 saturated heterocycles. The molecular weight excluding hydrogens is 186 g/mol. The summed E-state index contributed by atoms with van der Waals surface area (Å²) in [6.45, 7) is 0.606. The largest absolute Gasteiger partial charge is 0.330 e. The molecule has 2 heteroatoms. The molecule has 0 heterocycles. The third-order valence-corrected chi connectivity index (χ3v) is 3.17. The maximum atomic E-state index is 12.1. The predicted octanol–water partition coefficient (Wildman–Crippen LogP) is 2.17. The lowest BCUT2D eigenvalue weighted by Crippen LogP contribution is -2.23. The maximum Gasteiger partial charge on any atom is 0.166 e. The fourth-order valence-electron chi connectivity index (χ4n) is 2.02. The molecule has 1 aliphatic carbocycles. The van der Waals surface area contributed by atoms with Gasteiger partial charge < -0.3 is 5.73 Å². The highest BCUT2D eigenvalue weighted by Crippen LogP contribution is 2.30. The Labute approximate surface area is 90.5 Å². The molecule has 80 valence electrons. The standard InChI is InChI=1S/C13H17NO/c14-9-8-10-4-1-2-7-12(10)13(15)11-5-3-6-11/h1-2,4,7,11H,3,5-6,8-9,14H2. The van der Waals surface area contributed by atoms with Crippen LogP contribution in [0.25, 0.3) is 0 Å². The van der Waals surface area contributed by atoms with Crippen LogP contribution >= 0.6 is 0 Å². The van der Waals surface area contributed by atoms with E-state index in [-0.39, 0.29) is 5.92 Å². The van der Waals surface area contributed by atoms with Crippen LogP contribution in [-0.2, 0) is 6.42 Å². The van der Waals surface area contributed by atoms with Crippen LogP contribution in [0.1, 0.15) is 35.2 Å². The number of hydrogen-bond donors (Lipinski definition) is 1. The minimum absolute atomic E-state index is 0.281. The van der Waals surface area contributed by atoms with Crippen molar-refractivity contribution in [1.29, 1.82) is 0 Å². The van der Waals surface area contributed by atoms with E-state index in [4.69, 9.17) is 5.73 Å². The molecule has 0 unspecified atom stereocenters. The van der Waals surface area contributed by atoms with Crippen LogP contribution in [0, 0.1) is 5.92 Å². The second-order valence-electron chi connectivity index (χ2n) is 4.19. The molecule has 1 fully saturated rings. The van der Waals surface area contributed by atoms with Gasteiger partial charge in [-0.1, -0.05) is 30.7 Å². The van der Waals surface area contributed by atoms with Gasteiger partial charge in [0.2, 0.25) is 0 Å². The lowest BCUT2D eigenvalue weighted by atomic mass is 9.79. The fraction of sp³-hybridized carbons (Fsp3) is 0.462. The number of Topliss-reactive ketones (excluding diaryl/α,β-unsaturated/α-hetero) is 1. The topological polar surface area (TPSA) is 43.1 Å². The maximum absolute atomic E-state index is 12.1. The molecule has 0 bridgehead atoms. The molecule has 1 saturated carbocycles. The molecule has 15 heavy (non-hydrogen) atoms. The zero-order valence-corrected chi connectivity index (χ0v) is 8.91. The predicted molar refractivity (Wildman–Crippen MR) is 60.9 cm³/mol. The van der Waals surface area contributed by atoms with Crippen LogP contribution < -0.4 is 5.73 Å². The monoisotopic (exact) mass is 203 g/mol. The van der Waals surface area contributed by atoms with Gasteiger partial charge in [-0.15, -0.1) is 0 Å². The minimum Gasteiger partial charge on any atom is -0.330 e. The van der Waals surface area contributed by atoms with Crippen LogP contribution in [-0.4, -0.2) is 12.3 Å². The third-order valence-electron chi connectivity index (χ3n) is 3.17. The highest BCUT2D eigenvalue weighted by atomic mass is 16.1. The van der Waals surface area contributed by atoms with Crippen LogP contribution in [0.4, 0.5) is 0 Å². The van der Waals surface area contributed by atoms with Gasteiger partial charge in [0, 0.05) is 11.5 Å². The van der Waals surface area contributed by atoms with Crippen molar-refractivity contribution in [3.05, 3.63) is 35.4 Å². The summed E-state index contributed by atoms with van der Waals surface area (Å²) in [6, 6.07) is 7.86. The lowest BCUT2D eigenvalue weighted by Gasteiger charge is -2.24. The Bertz CT molecular complexity index is 355. The molecule has 2 rings (SSSR count). The molecule has 0 spiro atoms. The number of rotatable bonds is 4. The molecule has 0 atom stereocenters. The van der Waals surface area contributed by atoms with E-state index in [0.717, 1.165) is 30.4 Å². The zero-order chi connectivity index (χ0) is 10.7. The van der Waals surface area contributed by atoms with Crippen LogP contribution in [0.15, 0.2) is 24.3 Å². The van der Waals surface area contributed by atoms with Crippen molar-refractivity contribution >= 4 is 5.78 Å². The van der Waals surface area contributed by atoms with E-state index in [1.807, 2.05) is 24.3 Å². The van der Waals surface area contributed by atoms with Gasteiger partial charge in [-0.2, -0.15) is 0 Å². The Balaban J connectivity index is 2.21. The summed E-state index contributed by atoms with van der Waals surface area (Å²) in [5.74, 6) is 0.606. The number of carbonyl (C=O) groups is 1. The quantitative estimate of drug-likeness (QED) is 0.762. The number of carbonyl (C=O) groups excluding carboxylic acids is 1. The van der Waals surface area contributed by atoms with Crippen molar-refractivity contribution in [1.82, 2.24) is 0 Å². The van der Waals surface area contributed by atoms with Crippen molar-refractivity contribution in [3.63, 3.8) is 0 Å². The average molecular weight is 203 g/mol. The molecule has 1 aliphatic rings. The summed E-state index contributed by atoms with van der Waals surface area (Å²) in [5.41, 5.74) is 7.55. The molecule has 2 nitrogen and oxygen atoms in total. The van der Waals surface area contributed by atoms with Gasteiger partial charge >= 0.3 is 0 Å². The van der Waals surface area contributed by atoms with E-state index < -0.39 is 0 Å². The number of benzene rings is 1. The van der Waals surface area contributed by atoms with Gasteiger partial charge in [0.15, 0.2) is 5.78 Å². The zero-order valence-electron chi connectivity index (χ0n) is 8.91. The third kappa shape index (κ3) is 2.10. The molecular formula is C13H17NO. The first-order valence-corrected chi connectivity index (χ1v) is 5.65.